The van der Waals surface area contributed by atoms with E-state index < -0.39 is 0 Å². The number of unbranched alkanes of at least 4 members (excludes halogenated alkanes) is 18. The van der Waals surface area contributed by atoms with Crippen LogP contribution in [0.4, 0.5) is 0 Å². The van der Waals surface area contributed by atoms with Gasteiger partial charge in [-0.15, -0.1) is 23.2 Å². The lowest BCUT2D eigenvalue weighted by Crippen LogP contribution is -2.06. The molecule has 0 rings (SSSR count). The third-order valence-electron chi connectivity index (χ3n) is 6.49. The Balaban J connectivity index is 3.12. The van der Waals surface area contributed by atoms with Crippen LogP contribution in [-0.4, -0.2) is 38.6 Å². The maximum absolute atomic E-state index is 5.70. The van der Waals surface area contributed by atoms with Crippen LogP contribution in [0.1, 0.15) is 141 Å². The fourth-order valence-corrected chi connectivity index (χ4v) is 4.56. The first-order chi connectivity index (χ1) is 18.4. The Morgan fingerprint density at radius 3 is 0.973 bits per heavy atom. The van der Waals surface area contributed by atoms with Crippen LogP contribution in [0, 0.1) is 0 Å². The van der Waals surface area contributed by atoms with Crippen LogP contribution in [0.3, 0.4) is 0 Å². The molecule has 0 aliphatic rings. The molecule has 0 aromatic carbocycles. The van der Waals surface area contributed by atoms with Gasteiger partial charge in [0.2, 0.25) is 0 Å². The van der Waals surface area contributed by atoms with E-state index in [1.165, 1.54) is 116 Å². The molecule has 0 amide bonds. The van der Waals surface area contributed by atoms with Crippen LogP contribution in [0.5, 0.6) is 0 Å². The predicted octanol–water partition coefficient (Wildman–Crippen LogP) is 11.1. The minimum absolute atomic E-state index is 0.322. The fraction of sp³-hybridized carbons (Fsp3) is 0.875. The molecule has 0 saturated heterocycles. The van der Waals surface area contributed by atoms with Gasteiger partial charge in [-0.2, -0.15) is 0 Å². The van der Waals surface area contributed by atoms with Crippen LogP contribution in [0.25, 0.3) is 0 Å². The van der Waals surface area contributed by atoms with Gasteiger partial charge in [-0.05, 0) is 64.2 Å². The second-order valence-electron chi connectivity index (χ2n) is 10.1. The third kappa shape index (κ3) is 35.9. The molecule has 0 bridgehead atoms. The van der Waals surface area contributed by atoms with Crippen molar-refractivity contribution in [2.45, 2.75) is 141 Å². The maximum atomic E-state index is 5.70. The summed E-state index contributed by atoms with van der Waals surface area (Å²) in [5.41, 5.74) is 0. The molecule has 220 valence electrons. The van der Waals surface area contributed by atoms with Crippen LogP contribution < -0.4 is 0 Å². The average Bonchev–Trinajstić information content (AvgIpc) is 2.91. The predicted molar refractivity (Wildman–Crippen MR) is 164 cm³/mol. The van der Waals surface area contributed by atoms with Gasteiger partial charge in [0.15, 0.2) is 0 Å². The molecule has 0 N–H and O–H groups in total. The number of hydrogen-bond acceptors (Lipinski definition) is 3. The highest BCUT2D eigenvalue weighted by atomic mass is 35.5. The second-order valence-corrected chi connectivity index (χ2v) is 10.9. The molecule has 0 atom stereocenters. The average molecular weight is 564 g/mol. The topological polar surface area (TPSA) is 27.7 Å². The smallest absolute Gasteiger partial charge is 0.149 e. The molecule has 0 saturated carbocycles. The van der Waals surface area contributed by atoms with Gasteiger partial charge in [-0.25, -0.2) is 0 Å². The Morgan fingerprint density at radius 2 is 0.622 bits per heavy atom. The molecule has 3 nitrogen and oxygen atoms in total. The summed E-state index contributed by atoms with van der Waals surface area (Å²) in [7, 11) is 0. The number of rotatable bonds is 32. The molecular formula is C32H60Cl2O3. The third-order valence-corrected chi connectivity index (χ3v) is 7.03. The van der Waals surface area contributed by atoms with Gasteiger partial charge in [0.25, 0.3) is 0 Å². The zero-order valence-corrected chi connectivity index (χ0v) is 25.6. The normalized spacial score (nSPS) is 11.9. The SMILES string of the molecule is ClCCCCCCCCCCC=CCCCOCOCOCCCC=CCCCCCCCCCCCl. The molecular weight excluding hydrogens is 503 g/mol. The highest BCUT2D eigenvalue weighted by Crippen LogP contribution is 2.11. The highest BCUT2D eigenvalue weighted by Gasteiger charge is 1.94. The molecule has 5 heteroatoms. The van der Waals surface area contributed by atoms with Crippen molar-refractivity contribution in [3.8, 4) is 0 Å². The van der Waals surface area contributed by atoms with E-state index in [4.69, 9.17) is 37.4 Å². The zero-order valence-electron chi connectivity index (χ0n) is 24.1. The van der Waals surface area contributed by atoms with Crippen LogP contribution in [0.2, 0.25) is 0 Å². The van der Waals surface area contributed by atoms with Crippen molar-refractivity contribution in [3.63, 3.8) is 0 Å². The number of allylic oxidation sites excluding steroid dienone is 4. The second kappa shape index (κ2) is 35.9. The van der Waals surface area contributed by atoms with Crippen molar-refractivity contribution < 1.29 is 14.2 Å². The minimum atomic E-state index is 0.322. The Hall–Kier alpha value is -0.0600. The quantitative estimate of drug-likeness (QED) is 0.0353. The van der Waals surface area contributed by atoms with E-state index in [9.17, 15) is 0 Å². The van der Waals surface area contributed by atoms with Crippen LogP contribution >= 0.6 is 23.2 Å². The van der Waals surface area contributed by atoms with E-state index in [1.54, 1.807) is 0 Å². The molecule has 0 heterocycles. The van der Waals surface area contributed by atoms with Gasteiger partial charge in [0.1, 0.15) is 13.6 Å². The Labute approximate surface area is 241 Å². The number of ether oxygens (including phenoxy) is 3. The van der Waals surface area contributed by atoms with Crippen molar-refractivity contribution in [3.05, 3.63) is 24.3 Å². The first-order valence-electron chi connectivity index (χ1n) is 15.6. The van der Waals surface area contributed by atoms with Gasteiger partial charge in [-0.3, -0.25) is 0 Å². The first kappa shape index (κ1) is 36.9. The minimum Gasteiger partial charge on any atom is -0.355 e. The summed E-state index contributed by atoms with van der Waals surface area (Å²) < 4.78 is 16.4. The largest absolute Gasteiger partial charge is 0.355 e. The Bertz CT molecular complexity index is 417. The lowest BCUT2D eigenvalue weighted by Gasteiger charge is -2.06. The lowest BCUT2D eigenvalue weighted by atomic mass is 10.1. The zero-order chi connectivity index (χ0) is 26.7. The Morgan fingerprint density at radius 1 is 0.324 bits per heavy atom. The molecule has 37 heavy (non-hydrogen) atoms. The highest BCUT2D eigenvalue weighted by molar-refractivity contribution is 6.18. The number of hydrogen-bond donors (Lipinski definition) is 0. The van der Waals surface area contributed by atoms with Crippen molar-refractivity contribution >= 4 is 23.2 Å². The van der Waals surface area contributed by atoms with Crippen molar-refractivity contribution in [1.29, 1.82) is 0 Å². The van der Waals surface area contributed by atoms with E-state index in [2.05, 4.69) is 24.3 Å². The van der Waals surface area contributed by atoms with Crippen molar-refractivity contribution in [2.75, 3.05) is 38.6 Å². The van der Waals surface area contributed by atoms with Gasteiger partial charge in [0, 0.05) is 25.0 Å². The van der Waals surface area contributed by atoms with E-state index in [0.29, 0.717) is 13.6 Å². The molecule has 0 unspecified atom stereocenters. The lowest BCUT2D eigenvalue weighted by molar-refractivity contribution is -0.131. The van der Waals surface area contributed by atoms with E-state index in [-0.39, 0.29) is 0 Å². The standard InChI is InChI=1S/C32H60Cl2O3/c33-27-23-19-15-11-7-3-1-5-9-13-17-21-25-29-35-31-37-32-36-30-26-22-18-14-10-6-2-4-8-12-16-20-24-28-34/h13-14,17-18H,1-12,15-16,19-32H2. The summed E-state index contributed by atoms with van der Waals surface area (Å²) in [6, 6.07) is 0. The number of alkyl halides is 2. The summed E-state index contributed by atoms with van der Waals surface area (Å²) in [6.45, 7) is 2.13. The molecule has 0 spiro atoms. The summed E-state index contributed by atoms with van der Waals surface area (Å²) in [5.74, 6) is 1.63. The maximum Gasteiger partial charge on any atom is 0.149 e. The van der Waals surface area contributed by atoms with Gasteiger partial charge < -0.3 is 14.2 Å². The van der Waals surface area contributed by atoms with Gasteiger partial charge in [0.05, 0.1) is 0 Å². The van der Waals surface area contributed by atoms with E-state index in [1.807, 2.05) is 0 Å². The molecule has 0 radical (unpaired) electrons. The summed E-state index contributed by atoms with van der Waals surface area (Å²) in [4.78, 5) is 0. The van der Waals surface area contributed by atoms with Crippen molar-refractivity contribution in [1.82, 2.24) is 0 Å². The summed E-state index contributed by atoms with van der Waals surface area (Å²) >= 11 is 11.4. The molecule has 0 aliphatic heterocycles. The molecule has 0 aliphatic carbocycles. The molecule has 0 fully saturated rings. The van der Waals surface area contributed by atoms with Gasteiger partial charge >= 0.3 is 0 Å². The molecule has 0 aromatic heterocycles. The van der Waals surface area contributed by atoms with E-state index in [0.717, 1.165) is 50.7 Å². The molecule has 0 aromatic rings. The number of halogens is 2. The Kier molecular flexibility index (Phi) is 35.9. The summed E-state index contributed by atoms with van der Waals surface area (Å²) in [6.07, 6.45) is 37.2. The fourth-order valence-electron chi connectivity index (χ4n) is 4.18. The van der Waals surface area contributed by atoms with Crippen molar-refractivity contribution in [2.24, 2.45) is 0 Å². The van der Waals surface area contributed by atoms with Crippen LogP contribution in [-0.2, 0) is 14.2 Å². The van der Waals surface area contributed by atoms with Gasteiger partial charge in [-0.1, -0.05) is 101 Å². The monoisotopic (exact) mass is 562 g/mol. The van der Waals surface area contributed by atoms with Crippen LogP contribution in [0.15, 0.2) is 24.3 Å². The van der Waals surface area contributed by atoms with E-state index >= 15 is 0 Å². The first-order valence-corrected chi connectivity index (χ1v) is 16.6. The summed E-state index contributed by atoms with van der Waals surface area (Å²) in [5, 5.41) is 0.